The lowest BCUT2D eigenvalue weighted by Gasteiger charge is -2.17. The second-order valence-electron chi connectivity index (χ2n) is 5.79. The molecule has 0 radical (unpaired) electrons. The average Bonchev–Trinajstić information content (AvgIpc) is 2.49. The molecule has 132 valence electrons. The van der Waals surface area contributed by atoms with Crippen LogP contribution in [-0.4, -0.2) is 32.3 Å². The van der Waals surface area contributed by atoms with Gasteiger partial charge in [-0.15, -0.1) is 12.4 Å². The molecule has 1 aromatic carbocycles. The number of carbonyl (C=O) groups is 1. The molecule has 1 atom stereocenters. The molecular weight excluding hydrogens is 316 g/mol. The van der Waals surface area contributed by atoms with Crippen molar-refractivity contribution in [2.75, 3.05) is 20.3 Å². The molecule has 0 aliphatic rings. The van der Waals surface area contributed by atoms with Gasteiger partial charge in [-0.05, 0) is 24.5 Å². The zero-order valence-corrected chi connectivity index (χ0v) is 15.2. The van der Waals surface area contributed by atoms with Crippen LogP contribution < -0.4 is 15.8 Å². The molecule has 23 heavy (non-hydrogen) atoms. The van der Waals surface area contributed by atoms with Crippen LogP contribution in [0.3, 0.4) is 0 Å². The fourth-order valence-corrected chi connectivity index (χ4v) is 1.93. The zero-order chi connectivity index (χ0) is 16.5. The van der Waals surface area contributed by atoms with Gasteiger partial charge in [0.05, 0.1) is 12.6 Å². The van der Waals surface area contributed by atoms with Crippen molar-refractivity contribution in [3.05, 3.63) is 29.3 Å². The van der Waals surface area contributed by atoms with Crippen LogP contribution in [0.2, 0.25) is 0 Å². The number of halogens is 1. The summed E-state index contributed by atoms with van der Waals surface area (Å²) in [5, 5.41) is 2.87. The van der Waals surface area contributed by atoms with E-state index in [0.717, 1.165) is 23.3 Å². The van der Waals surface area contributed by atoms with Crippen molar-refractivity contribution in [3.63, 3.8) is 0 Å². The second-order valence-corrected chi connectivity index (χ2v) is 5.79. The van der Waals surface area contributed by atoms with E-state index in [9.17, 15) is 4.79 Å². The van der Waals surface area contributed by atoms with Crippen molar-refractivity contribution < 1.29 is 14.3 Å². The van der Waals surface area contributed by atoms with E-state index in [4.69, 9.17) is 15.2 Å². The maximum atomic E-state index is 11.9. The number of methoxy groups -OCH3 is 1. The molecular formula is C17H29ClN2O3. The monoisotopic (exact) mass is 344 g/mol. The summed E-state index contributed by atoms with van der Waals surface area (Å²) in [7, 11) is 1.67. The summed E-state index contributed by atoms with van der Waals surface area (Å²) in [5.41, 5.74) is 7.91. The number of amides is 1. The molecule has 0 heterocycles. The number of carbonyl (C=O) groups excluding carboxylic acids is 1. The van der Waals surface area contributed by atoms with E-state index in [1.54, 1.807) is 7.11 Å². The minimum Gasteiger partial charge on any atom is -0.493 e. The summed E-state index contributed by atoms with van der Waals surface area (Å²) in [6, 6.07) is 5.47. The van der Waals surface area contributed by atoms with Gasteiger partial charge in [0.25, 0.3) is 0 Å². The Morgan fingerprint density at radius 1 is 1.30 bits per heavy atom. The molecule has 3 N–H and O–H groups in total. The first-order valence-corrected chi connectivity index (χ1v) is 7.70. The van der Waals surface area contributed by atoms with Crippen molar-refractivity contribution in [3.8, 4) is 5.75 Å². The third kappa shape index (κ3) is 7.68. The normalized spacial score (nSPS) is 11.7. The van der Waals surface area contributed by atoms with Crippen LogP contribution in [0, 0.1) is 12.8 Å². The zero-order valence-electron chi connectivity index (χ0n) is 14.4. The molecule has 5 nitrogen and oxygen atoms in total. The molecule has 0 bridgehead atoms. The Hall–Kier alpha value is -1.30. The van der Waals surface area contributed by atoms with Gasteiger partial charge in [-0.2, -0.15) is 0 Å². The van der Waals surface area contributed by atoms with E-state index in [1.807, 2.05) is 39.0 Å². The molecule has 0 saturated carbocycles. The first-order valence-electron chi connectivity index (χ1n) is 7.70. The van der Waals surface area contributed by atoms with Crippen molar-refractivity contribution >= 4 is 18.3 Å². The molecule has 0 unspecified atom stereocenters. The SMILES string of the molecule is COCCCOc1cc(C)ccc1CNC(=O)[C@@H](N)C(C)C.Cl. The topological polar surface area (TPSA) is 73.6 Å². The molecule has 0 fully saturated rings. The van der Waals surface area contributed by atoms with Crippen LogP contribution >= 0.6 is 12.4 Å². The van der Waals surface area contributed by atoms with Crippen LogP contribution in [-0.2, 0) is 16.1 Å². The number of hydrogen-bond acceptors (Lipinski definition) is 4. The highest BCUT2D eigenvalue weighted by Gasteiger charge is 2.17. The Kier molecular flexibility index (Phi) is 10.6. The summed E-state index contributed by atoms with van der Waals surface area (Å²) in [6.45, 7) is 7.55. The number of nitrogens with one attached hydrogen (secondary N) is 1. The summed E-state index contributed by atoms with van der Waals surface area (Å²) in [4.78, 5) is 11.9. The number of nitrogens with two attached hydrogens (primary N) is 1. The van der Waals surface area contributed by atoms with Crippen molar-refractivity contribution in [2.24, 2.45) is 11.7 Å². The van der Waals surface area contributed by atoms with Gasteiger partial charge in [-0.1, -0.05) is 26.0 Å². The number of benzene rings is 1. The van der Waals surface area contributed by atoms with Gasteiger partial charge in [0.2, 0.25) is 5.91 Å². The standard InChI is InChI=1S/C17H28N2O3.ClH/c1-12(2)16(18)17(20)19-11-14-7-6-13(3)10-15(14)22-9-5-8-21-4;/h6-7,10,12,16H,5,8-9,11,18H2,1-4H3,(H,19,20);1H/t16-;/m0./s1. The number of ether oxygens (including phenoxy) is 2. The number of aryl methyl sites for hydroxylation is 1. The minimum atomic E-state index is -0.489. The van der Waals surface area contributed by atoms with E-state index >= 15 is 0 Å². The fourth-order valence-electron chi connectivity index (χ4n) is 1.93. The second kappa shape index (κ2) is 11.3. The Morgan fingerprint density at radius 2 is 2.00 bits per heavy atom. The lowest BCUT2D eigenvalue weighted by atomic mass is 10.0. The quantitative estimate of drug-likeness (QED) is 0.675. The lowest BCUT2D eigenvalue weighted by molar-refractivity contribution is -0.123. The Bertz CT molecular complexity index is 481. The lowest BCUT2D eigenvalue weighted by Crippen LogP contribution is -2.43. The van der Waals surface area contributed by atoms with Gasteiger partial charge < -0.3 is 20.5 Å². The molecule has 0 aliphatic carbocycles. The van der Waals surface area contributed by atoms with Crippen LogP contribution in [0.15, 0.2) is 18.2 Å². The van der Waals surface area contributed by atoms with Gasteiger partial charge in [0, 0.05) is 32.2 Å². The maximum Gasteiger partial charge on any atom is 0.237 e. The highest BCUT2D eigenvalue weighted by atomic mass is 35.5. The van der Waals surface area contributed by atoms with Crippen molar-refractivity contribution in [1.82, 2.24) is 5.32 Å². The van der Waals surface area contributed by atoms with E-state index < -0.39 is 6.04 Å². The van der Waals surface area contributed by atoms with E-state index in [1.165, 1.54) is 0 Å². The Morgan fingerprint density at radius 3 is 2.61 bits per heavy atom. The number of hydrogen-bond donors (Lipinski definition) is 2. The highest BCUT2D eigenvalue weighted by molar-refractivity contribution is 5.85. The van der Waals surface area contributed by atoms with Gasteiger partial charge in [-0.25, -0.2) is 0 Å². The van der Waals surface area contributed by atoms with Gasteiger partial charge in [-0.3, -0.25) is 4.79 Å². The predicted octanol–water partition coefficient (Wildman–Crippen LogP) is 2.43. The van der Waals surface area contributed by atoms with Crippen LogP contribution in [0.5, 0.6) is 5.75 Å². The summed E-state index contributed by atoms with van der Waals surface area (Å²) in [5.74, 6) is 0.776. The average molecular weight is 345 g/mol. The van der Waals surface area contributed by atoms with E-state index in [0.29, 0.717) is 19.8 Å². The summed E-state index contributed by atoms with van der Waals surface area (Å²) in [6.07, 6.45) is 0.828. The highest BCUT2D eigenvalue weighted by Crippen LogP contribution is 2.20. The van der Waals surface area contributed by atoms with Gasteiger partial charge in [0.15, 0.2) is 0 Å². The van der Waals surface area contributed by atoms with Crippen LogP contribution in [0.4, 0.5) is 0 Å². The summed E-state index contributed by atoms with van der Waals surface area (Å²) < 4.78 is 10.8. The fraction of sp³-hybridized carbons (Fsp3) is 0.588. The molecule has 1 rings (SSSR count). The first kappa shape index (κ1) is 21.7. The number of rotatable bonds is 9. The molecule has 1 aromatic rings. The predicted molar refractivity (Wildman–Crippen MR) is 95.1 cm³/mol. The Balaban J connectivity index is 0.00000484. The molecule has 6 heteroatoms. The Labute approximate surface area is 145 Å². The van der Waals surface area contributed by atoms with Crippen molar-refractivity contribution in [1.29, 1.82) is 0 Å². The van der Waals surface area contributed by atoms with Gasteiger partial charge >= 0.3 is 0 Å². The maximum absolute atomic E-state index is 11.9. The van der Waals surface area contributed by atoms with Crippen LogP contribution in [0.1, 0.15) is 31.4 Å². The molecule has 0 aromatic heterocycles. The molecule has 0 saturated heterocycles. The first-order chi connectivity index (χ1) is 10.5. The van der Waals surface area contributed by atoms with Crippen molar-refractivity contribution in [2.45, 2.75) is 39.8 Å². The molecule has 0 aliphatic heterocycles. The molecule has 0 spiro atoms. The minimum absolute atomic E-state index is 0. The summed E-state index contributed by atoms with van der Waals surface area (Å²) >= 11 is 0. The largest absolute Gasteiger partial charge is 0.493 e. The van der Waals surface area contributed by atoms with Gasteiger partial charge in [0.1, 0.15) is 5.75 Å². The van der Waals surface area contributed by atoms with Crippen LogP contribution in [0.25, 0.3) is 0 Å². The third-order valence-electron chi connectivity index (χ3n) is 3.45. The third-order valence-corrected chi connectivity index (χ3v) is 3.45. The molecule has 1 amide bonds. The smallest absolute Gasteiger partial charge is 0.237 e. The van der Waals surface area contributed by atoms with E-state index in [2.05, 4.69) is 5.32 Å². The van der Waals surface area contributed by atoms with E-state index in [-0.39, 0.29) is 24.2 Å².